The van der Waals surface area contributed by atoms with Crippen LogP contribution in [0.2, 0.25) is 0 Å². The summed E-state index contributed by atoms with van der Waals surface area (Å²) in [6, 6.07) is 0. The molecule has 0 spiro atoms. The van der Waals surface area contributed by atoms with E-state index in [-0.39, 0.29) is 31.1 Å². The highest BCUT2D eigenvalue weighted by Crippen LogP contribution is 2.19. The molecule has 0 aliphatic heterocycles. The summed E-state index contributed by atoms with van der Waals surface area (Å²) >= 11 is 0. The van der Waals surface area contributed by atoms with E-state index in [4.69, 9.17) is 14.2 Å². The highest BCUT2D eigenvalue weighted by molar-refractivity contribution is 5.71. The van der Waals surface area contributed by atoms with E-state index in [1.807, 2.05) is 0 Å². The van der Waals surface area contributed by atoms with E-state index in [2.05, 4.69) is 69.4 Å². The van der Waals surface area contributed by atoms with Gasteiger partial charge in [-0.3, -0.25) is 14.4 Å². The summed E-state index contributed by atoms with van der Waals surface area (Å²) in [6.07, 6.45) is 91.5. The van der Waals surface area contributed by atoms with Crippen molar-refractivity contribution in [2.75, 3.05) is 13.2 Å². The molecule has 486 valence electrons. The molecule has 0 heterocycles. The summed E-state index contributed by atoms with van der Waals surface area (Å²) in [7, 11) is 0. The number of allylic oxidation sites excluding steroid dienone is 8. The Hall–Kier alpha value is -2.63. The Balaban J connectivity index is 4.23. The Morgan fingerprint density at radius 2 is 0.434 bits per heavy atom. The number of hydrogen-bond acceptors (Lipinski definition) is 6. The van der Waals surface area contributed by atoms with Crippen molar-refractivity contribution in [1.82, 2.24) is 0 Å². The summed E-state index contributed by atoms with van der Waals surface area (Å²) in [4.78, 5) is 38.5. The van der Waals surface area contributed by atoms with Gasteiger partial charge in [-0.2, -0.15) is 0 Å². The van der Waals surface area contributed by atoms with Crippen LogP contribution in [-0.4, -0.2) is 37.2 Å². The molecule has 0 amide bonds. The number of esters is 3. The van der Waals surface area contributed by atoms with Crippen LogP contribution in [0.3, 0.4) is 0 Å². The van der Waals surface area contributed by atoms with Crippen LogP contribution in [-0.2, 0) is 28.6 Å². The Labute approximate surface area is 518 Å². The second-order valence-electron chi connectivity index (χ2n) is 25.2. The standard InChI is InChI=1S/C77H142O6/c1-4-7-10-13-16-19-22-25-28-30-32-34-36-37-38-39-40-41-42-44-45-47-49-52-55-58-61-64-67-70-76(79)82-73-74(72-81-75(78)69-66-63-60-57-54-51-27-24-21-18-15-12-9-6-3)83-77(80)71-68-65-62-59-56-53-50-48-46-43-35-33-31-29-26-23-20-17-14-11-8-5-2/h22,24-25,27,30,32,36-37,74H,4-21,23,26,28-29,31,33-35,38-73H2,1-3H3/b25-22-,27-24-,32-30-,37-36-. The van der Waals surface area contributed by atoms with Crippen molar-refractivity contribution >= 4 is 17.9 Å². The first-order valence-corrected chi connectivity index (χ1v) is 37.1. The van der Waals surface area contributed by atoms with Crippen LogP contribution in [0.25, 0.3) is 0 Å². The largest absolute Gasteiger partial charge is 0.462 e. The first-order chi connectivity index (χ1) is 41.0. The molecule has 0 rings (SSSR count). The van der Waals surface area contributed by atoms with E-state index >= 15 is 0 Å². The molecule has 0 N–H and O–H groups in total. The van der Waals surface area contributed by atoms with Gasteiger partial charge >= 0.3 is 17.9 Å². The lowest BCUT2D eigenvalue weighted by molar-refractivity contribution is -0.167. The minimum absolute atomic E-state index is 0.0710. The van der Waals surface area contributed by atoms with Gasteiger partial charge < -0.3 is 14.2 Å². The molecule has 0 aliphatic rings. The van der Waals surface area contributed by atoms with Crippen LogP contribution < -0.4 is 0 Å². The van der Waals surface area contributed by atoms with Gasteiger partial charge in [-0.05, 0) is 83.5 Å². The van der Waals surface area contributed by atoms with Gasteiger partial charge in [-0.15, -0.1) is 0 Å². The third-order valence-corrected chi connectivity index (χ3v) is 16.8. The van der Waals surface area contributed by atoms with E-state index in [0.717, 1.165) is 77.0 Å². The summed E-state index contributed by atoms with van der Waals surface area (Å²) in [5.41, 5.74) is 0. The normalized spacial score (nSPS) is 12.3. The van der Waals surface area contributed by atoms with Crippen molar-refractivity contribution < 1.29 is 28.6 Å². The molecule has 0 saturated carbocycles. The smallest absolute Gasteiger partial charge is 0.306 e. The summed E-state index contributed by atoms with van der Waals surface area (Å²) in [5, 5.41) is 0. The number of unbranched alkanes of at least 4 members (excludes halogenated alkanes) is 50. The molecule has 0 aromatic carbocycles. The van der Waals surface area contributed by atoms with Gasteiger partial charge in [0.1, 0.15) is 13.2 Å². The zero-order valence-electron chi connectivity index (χ0n) is 56.0. The zero-order chi connectivity index (χ0) is 59.9. The third-order valence-electron chi connectivity index (χ3n) is 16.8. The molecular formula is C77H142O6. The summed E-state index contributed by atoms with van der Waals surface area (Å²) < 4.78 is 17.0. The first-order valence-electron chi connectivity index (χ1n) is 37.1. The average molecular weight is 1160 g/mol. The molecule has 6 heteroatoms. The molecule has 0 aliphatic carbocycles. The Morgan fingerprint density at radius 3 is 0.687 bits per heavy atom. The molecule has 0 saturated heterocycles. The van der Waals surface area contributed by atoms with Crippen LogP contribution in [0.1, 0.15) is 406 Å². The lowest BCUT2D eigenvalue weighted by Gasteiger charge is -2.18. The van der Waals surface area contributed by atoms with E-state index in [1.54, 1.807) is 0 Å². The van der Waals surface area contributed by atoms with Gasteiger partial charge in [0.25, 0.3) is 0 Å². The maximum atomic E-state index is 13.0. The predicted molar refractivity (Wildman–Crippen MR) is 362 cm³/mol. The van der Waals surface area contributed by atoms with Gasteiger partial charge in [0.15, 0.2) is 6.10 Å². The zero-order valence-corrected chi connectivity index (χ0v) is 56.0. The van der Waals surface area contributed by atoms with Gasteiger partial charge in [0, 0.05) is 19.3 Å². The number of carbonyl (C=O) groups excluding carboxylic acids is 3. The van der Waals surface area contributed by atoms with Crippen LogP contribution in [0.15, 0.2) is 48.6 Å². The maximum absolute atomic E-state index is 13.0. The van der Waals surface area contributed by atoms with Gasteiger partial charge in [0.05, 0.1) is 0 Å². The Morgan fingerprint density at radius 1 is 0.241 bits per heavy atom. The summed E-state index contributed by atoms with van der Waals surface area (Å²) in [5.74, 6) is -0.851. The molecule has 0 bridgehead atoms. The molecule has 1 unspecified atom stereocenters. The van der Waals surface area contributed by atoms with Crippen LogP contribution in [0, 0.1) is 0 Å². The lowest BCUT2D eigenvalue weighted by atomic mass is 10.0. The van der Waals surface area contributed by atoms with Crippen molar-refractivity contribution in [2.24, 2.45) is 0 Å². The number of carbonyl (C=O) groups is 3. The quantitative estimate of drug-likeness (QED) is 0.0261. The van der Waals surface area contributed by atoms with Crippen molar-refractivity contribution in [1.29, 1.82) is 0 Å². The predicted octanol–water partition coefficient (Wildman–Crippen LogP) is 25.7. The van der Waals surface area contributed by atoms with Crippen LogP contribution >= 0.6 is 0 Å². The first kappa shape index (κ1) is 80.4. The Kier molecular flexibility index (Phi) is 69.6. The fourth-order valence-electron chi connectivity index (χ4n) is 11.2. The topological polar surface area (TPSA) is 78.9 Å². The molecule has 0 aromatic rings. The molecule has 83 heavy (non-hydrogen) atoms. The second-order valence-corrected chi connectivity index (χ2v) is 25.2. The van der Waals surface area contributed by atoms with Gasteiger partial charge in [-0.1, -0.05) is 352 Å². The minimum Gasteiger partial charge on any atom is -0.462 e. The van der Waals surface area contributed by atoms with Crippen LogP contribution in [0.4, 0.5) is 0 Å². The molecule has 0 aromatic heterocycles. The lowest BCUT2D eigenvalue weighted by Crippen LogP contribution is -2.30. The maximum Gasteiger partial charge on any atom is 0.306 e. The van der Waals surface area contributed by atoms with Gasteiger partial charge in [-0.25, -0.2) is 0 Å². The van der Waals surface area contributed by atoms with E-state index in [9.17, 15) is 14.4 Å². The number of hydrogen-bond donors (Lipinski definition) is 0. The van der Waals surface area contributed by atoms with Crippen molar-refractivity contribution in [3.05, 3.63) is 48.6 Å². The Bertz CT molecular complexity index is 1430. The molecule has 0 radical (unpaired) electrons. The molecule has 0 fully saturated rings. The fraction of sp³-hybridized carbons (Fsp3) is 0.857. The molecular weight excluding hydrogens is 1020 g/mol. The van der Waals surface area contributed by atoms with E-state index in [1.165, 1.54) is 289 Å². The highest BCUT2D eigenvalue weighted by Gasteiger charge is 2.19. The molecule has 1 atom stereocenters. The number of ether oxygens (including phenoxy) is 3. The van der Waals surface area contributed by atoms with E-state index < -0.39 is 6.10 Å². The monoisotopic (exact) mass is 1160 g/mol. The number of rotatable bonds is 69. The van der Waals surface area contributed by atoms with Crippen molar-refractivity contribution in [2.45, 2.75) is 412 Å². The van der Waals surface area contributed by atoms with Crippen LogP contribution in [0.5, 0.6) is 0 Å². The van der Waals surface area contributed by atoms with Gasteiger partial charge in [0.2, 0.25) is 0 Å². The van der Waals surface area contributed by atoms with Crippen molar-refractivity contribution in [3.63, 3.8) is 0 Å². The highest BCUT2D eigenvalue weighted by atomic mass is 16.6. The van der Waals surface area contributed by atoms with E-state index in [0.29, 0.717) is 19.3 Å². The minimum atomic E-state index is -0.775. The SMILES string of the molecule is CCCCCCC/C=C\C/C=C\C/C=C\CCCCCCCCCCCCCCCCC(=O)OCC(COC(=O)CCCCCCC/C=C\CCCCCCC)OC(=O)CCCCCCCCCCCCCCCCCCCCCCCC. The second kappa shape index (κ2) is 71.8. The summed E-state index contributed by atoms with van der Waals surface area (Å²) in [6.45, 7) is 6.69. The van der Waals surface area contributed by atoms with Crippen molar-refractivity contribution in [3.8, 4) is 0 Å². The third kappa shape index (κ3) is 70.0. The fourth-order valence-corrected chi connectivity index (χ4v) is 11.2. The average Bonchev–Trinajstić information content (AvgIpc) is 3.49. The molecule has 6 nitrogen and oxygen atoms in total.